The number of hydrogen-bond donors (Lipinski definition) is 1. The Kier molecular flexibility index (Phi) is 4.88. The molecule has 2 heterocycles. The Hall–Kier alpha value is -3.71. The number of amides is 1. The Morgan fingerprint density at radius 3 is 2.52 bits per heavy atom. The Labute approximate surface area is 182 Å². The molecule has 0 fully saturated rings. The van der Waals surface area contributed by atoms with Crippen LogP contribution in [-0.2, 0) is 0 Å². The number of aromatic nitrogens is 1. The van der Waals surface area contributed by atoms with Crippen molar-refractivity contribution in [2.75, 3.05) is 5.32 Å². The summed E-state index contributed by atoms with van der Waals surface area (Å²) in [7, 11) is 0. The summed E-state index contributed by atoms with van der Waals surface area (Å²) in [6, 6.07) is 21.3. The lowest BCUT2D eigenvalue weighted by molar-refractivity contribution is 0.102. The second-order valence-electron chi connectivity index (χ2n) is 7.00. The summed E-state index contributed by atoms with van der Waals surface area (Å²) >= 11 is 1.54. The van der Waals surface area contributed by atoms with E-state index in [2.05, 4.69) is 10.5 Å². The molecular weight excluding hydrogens is 413 g/mol. The number of nitrogens with one attached hydrogen (secondary N) is 1. The minimum atomic E-state index is -0.347. The van der Waals surface area contributed by atoms with Gasteiger partial charge in [-0.2, -0.15) is 0 Å². The van der Waals surface area contributed by atoms with Gasteiger partial charge in [-0.05, 0) is 43.3 Å². The zero-order chi connectivity index (χ0) is 21.4. The summed E-state index contributed by atoms with van der Waals surface area (Å²) in [5.74, 6) is 0.269. The predicted molar refractivity (Wildman–Crippen MR) is 118 cm³/mol. The highest BCUT2D eigenvalue weighted by Gasteiger charge is 2.21. The van der Waals surface area contributed by atoms with E-state index in [1.165, 1.54) is 17.8 Å². The third-order valence-electron chi connectivity index (χ3n) is 4.81. The number of nitrogens with zero attached hydrogens (tertiary/aromatic N) is 2. The molecule has 7 heteroatoms. The van der Waals surface area contributed by atoms with Gasteiger partial charge < -0.3 is 9.84 Å². The number of aryl methyl sites for hydroxylation is 1. The van der Waals surface area contributed by atoms with Gasteiger partial charge in [-0.3, -0.25) is 4.79 Å². The maximum absolute atomic E-state index is 14.7. The maximum Gasteiger partial charge on any atom is 0.256 e. The fourth-order valence-corrected chi connectivity index (χ4v) is 4.36. The van der Waals surface area contributed by atoms with Crippen molar-refractivity contribution in [3.8, 4) is 0 Å². The average Bonchev–Trinajstić information content (AvgIpc) is 3.10. The van der Waals surface area contributed by atoms with Crippen molar-refractivity contribution < 1.29 is 13.7 Å². The quantitative estimate of drug-likeness (QED) is 0.381. The molecule has 0 saturated heterocycles. The molecule has 1 N–H and O–H groups in total. The summed E-state index contributed by atoms with van der Waals surface area (Å²) in [6.45, 7) is 1.75. The van der Waals surface area contributed by atoms with Crippen LogP contribution in [0.3, 0.4) is 0 Å². The van der Waals surface area contributed by atoms with E-state index in [0.29, 0.717) is 34.1 Å². The number of fused-ring (bicyclic) bond motifs is 2. The zero-order valence-corrected chi connectivity index (χ0v) is 17.2. The Balaban J connectivity index is 1.60. The highest BCUT2D eigenvalue weighted by molar-refractivity contribution is 7.99. The molecule has 5 nitrogen and oxygen atoms in total. The van der Waals surface area contributed by atoms with Gasteiger partial charge >= 0.3 is 0 Å². The molecular formula is C24H16FN3O2S. The third-order valence-corrected chi connectivity index (χ3v) is 5.96. The lowest BCUT2D eigenvalue weighted by Crippen LogP contribution is -2.12. The third kappa shape index (κ3) is 3.75. The number of hydrogen-bond acceptors (Lipinski definition) is 5. The molecule has 1 amide bonds. The van der Waals surface area contributed by atoms with Crippen molar-refractivity contribution in [2.24, 2.45) is 4.99 Å². The van der Waals surface area contributed by atoms with E-state index in [0.717, 1.165) is 15.4 Å². The first-order valence-electron chi connectivity index (χ1n) is 9.58. The smallest absolute Gasteiger partial charge is 0.256 e. The Morgan fingerprint density at radius 2 is 1.74 bits per heavy atom. The van der Waals surface area contributed by atoms with Crippen LogP contribution >= 0.6 is 11.8 Å². The fourth-order valence-electron chi connectivity index (χ4n) is 3.36. The molecule has 4 aromatic rings. The van der Waals surface area contributed by atoms with E-state index in [1.807, 2.05) is 30.3 Å². The summed E-state index contributed by atoms with van der Waals surface area (Å²) in [5.41, 5.74) is 2.81. The van der Waals surface area contributed by atoms with E-state index in [-0.39, 0.29) is 11.7 Å². The molecule has 0 aliphatic carbocycles. The number of rotatable bonds is 3. The summed E-state index contributed by atoms with van der Waals surface area (Å²) in [5, 5.41) is 6.50. The van der Waals surface area contributed by atoms with Gasteiger partial charge in [0, 0.05) is 32.5 Å². The first-order valence-corrected chi connectivity index (χ1v) is 10.4. The van der Waals surface area contributed by atoms with Crippen LogP contribution in [0, 0.1) is 12.7 Å². The van der Waals surface area contributed by atoms with Crippen LogP contribution in [0.2, 0.25) is 0 Å². The number of carbonyl (C=O) groups excluding carboxylic acids is 1. The largest absolute Gasteiger partial charge is 0.360 e. The topological polar surface area (TPSA) is 67.5 Å². The van der Waals surface area contributed by atoms with E-state index in [4.69, 9.17) is 9.52 Å². The number of aliphatic imine (C=N–C) groups is 1. The minimum absolute atomic E-state index is 0.328. The van der Waals surface area contributed by atoms with E-state index < -0.39 is 0 Å². The number of benzene rings is 3. The van der Waals surface area contributed by atoms with Gasteiger partial charge in [-0.15, -0.1) is 0 Å². The molecule has 0 spiro atoms. The average molecular weight is 429 g/mol. The minimum Gasteiger partial charge on any atom is -0.360 e. The first kappa shape index (κ1) is 19.3. The van der Waals surface area contributed by atoms with Crippen molar-refractivity contribution in [2.45, 2.75) is 16.7 Å². The zero-order valence-electron chi connectivity index (χ0n) is 16.4. The first-order chi connectivity index (χ1) is 15.1. The molecule has 31 heavy (non-hydrogen) atoms. The Bertz CT molecular complexity index is 1350. The van der Waals surface area contributed by atoms with Crippen molar-refractivity contribution in [1.82, 2.24) is 5.16 Å². The fraction of sp³-hybridized carbons (Fsp3) is 0.0417. The van der Waals surface area contributed by atoms with Crippen LogP contribution in [0.5, 0.6) is 0 Å². The van der Waals surface area contributed by atoms with E-state index in [9.17, 15) is 9.18 Å². The van der Waals surface area contributed by atoms with Crippen LogP contribution in [0.15, 0.2) is 92.1 Å². The van der Waals surface area contributed by atoms with Crippen LogP contribution < -0.4 is 5.32 Å². The normalized spacial score (nSPS) is 12.4. The molecule has 0 bridgehead atoms. The number of halogens is 1. The summed E-state index contributed by atoms with van der Waals surface area (Å²) in [4.78, 5) is 19.4. The van der Waals surface area contributed by atoms with Crippen LogP contribution in [0.25, 0.3) is 0 Å². The maximum atomic E-state index is 14.7. The molecule has 1 aliphatic heterocycles. The van der Waals surface area contributed by atoms with Gasteiger partial charge in [0.15, 0.2) is 5.82 Å². The van der Waals surface area contributed by atoms with E-state index in [1.54, 1.807) is 43.3 Å². The van der Waals surface area contributed by atoms with Gasteiger partial charge in [0.25, 0.3) is 5.91 Å². The van der Waals surface area contributed by atoms with Crippen molar-refractivity contribution >= 4 is 34.9 Å². The lowest BCUT2D eigenvalue weighted by Gasteiger charge is -2.09. The molecule has 3 aromatic carbocycles. The number of anilines is 1. The van der Waals surface area contributed by atoms with Crippen LogP contribution in [-0.4, -0.2) is 16.8 Å². The second-order valence-corrected chi connectivity index (χ2v) is 8.08. The van der Waals surface area contributed by atoms with Crippen molar-refractivity contribution in [3.05, 3.63) is 101 Å². The van der Waals surface area contributed by atoms with Gasteiger partial charge in [0.1, 0.15) is 11.6 Å². The van der Waals surface area contributed by atoms with Gasteiger partial charge in [0.05, 0.1) is 11.4 Å². The predicted octanol–water partition coefficient (Wildman–Crippen LogP) is 6.01. The van der Waals surface area contributed by atoms with Gasteiger partial charge in [0.2, 0.25) is 0 Å². The molecule has 1 aromatic heterocycles. The lowest BCUT2D eigenvalue weighted by atomic mass is 10.0. The molecule has 0 radical (unpaired) electrons. The molecule has 0 saturated carbocycles. The second kappa shape index (κ2) is 7.85. The van der Waals surface area contributed by atoms with E-state index >= 15 is 0 Å². The van der Waals surface area contributed by atoms with Gasteiger partial charge in [-0.25, -0.2) is 9.38 Å². The van der Waals surface area contributed by atoms with Crippen molar-refractivity contribution in [1.29, 1.82) is 0 Å². The van der Waals surface area contributed by atoms with Gasteiger partial charge in [-0.1, -0.05) is 47.3 Å². The van der Waals surface area contributed by atoms with Crippen LogP contribution in [0.1, 0.15) is 27.2 Å². The summed E-state index contributed by atoms with van der Waals surface area (Å²) < 4.78 is 19.7. The summed E-state index contributed by atoms with van der Waals surface area (Å²) in [6.07, 6.45) is 0. The molecule has 0 atom stereocenters. The van der Waals surface area contributed by atoms with Crippen molar-refractivity contribution in [3.63, 3.8) is 0 Å². The van der Waals surface area contributed by atoms with Crippen LogP contribution in [0.4, 0.5) is 15.9 Å². The Morgan fingerprint density at radius 1 is 0.968 bits per heavy atom. The highest BCUT2D eigenvalue weighted by Crippen LogP contribution is 2.41. The molecule has 1 aliphatic rings. The molecule has 0 unspecified atom stereocenters. The SMILES string of the molecule is Cc1cc(NC(=O)c2ccc3c(c2)N=C(c2ccccc2F)c2ccccc2S3)no1. The number of carbonyl (C=O) groups is 1. The molecule has 5 rings (SSSR count). The monoisotopic (exact) mass is 429 g/mol. The molecule has 152 valence electrons. The standard InChI is InChI=1S/C24H16FN3O2S/c1-14-12-22(28-30-14)27-24(29)15-10-11-21-19(13-15)26-23(16-6-2-4-8-18(16)25)17-7-3-5-9-20(17)31-21/h2-13H,1H3,(H,27,28,29). The highest BCUT2D eigenvalue weighted by atomic mass is 32.2.